The van der Waals surface area contributed by atoms with Gasteiger partial charge in [-0.3, -0.25) is 9.69 Å². The Morgan fingerprint density at radius 1 is 1.25 bits per heavy atom. The number of thioether (sulfide) groups is 1. The van der Waals surface area contributed by atoms with Crippen LogP contribution in [0, 0.1) is 0 Å². The van der Waals surface area contributed by atoms with Gasteiger partial charge in [0.1, 0.15) is 10.9 Å². The lowest BCUT2D eigenvalue weighted by molar-refractivity contribution is -0.117. The smallest absolute Gasteiger partial charge is 0.238 e. The summed E-state index contributed by atoms with van der Waals surface area (Å²) in [4.78, 5) is 19.8. The number of pyridine rings is 1. The lowest BCUT2D eigenvalue weighted by Crippen LogP contribution is -2.30. The van der Waals surface area contributed by atoms with E-state index >= 15 is 0 Å². The zero-order valence-electron chi connectivity index (χ0n) is 16.0. The predicted molar refractivity (Wildman–Crippen MR) is 116 cm³/mol. The monoisotopic (exact) mass is 415 g/mol. The number of amides is 1. The maximum Gasteiger partial charge on any atom is 0.238 e. The first kappa shape index (κ1) is 20.5. The Morgan fingerprint density at radius 2 is 2.04 bits per heavy atom. The highest BCUT2D eigenvalue weighted by molar-refractivity contribution is 7.98. The van der Waals surface area contributed by atoms with Gasteiger partial charge in [0.2, 0.25) is 5.91 Å². The van der Waals surface area contributed by atoms with Crippen molar-refractivity contribution in [1.29, 1.82) is 0 Å². The van der Waals surface area contributed by atoms with Gasteiger partial charge in [0.25, 0.3) is 0 Å². The number of carbonyl (C=O) groups excluding carboxylic acids is 1. The molecule has 0 aliphatic heterocycles. The topological polar surface area (TPSA) is 54.5 Å². The molecule has 0 saturated heterocycles. The van der Waals surface area contributed by atoms with Crippen molar-refractivity contribution in [3.63, 3.8) is 0 Å². The number of para-hydroxylation sites is 1. The van der Waals surface area contributed by atoms with Crippen molar-refractivity contribution < 1.29 is 9.53 Å². The van der Waals surface area contributed by atoms with Gasteiger partial charge in [0, 0.05) is 28.5 Å². The molecule has 0 atom stereocenters. The van der Waals surface area contributed by atoms with Crippen LogP contribution in [0.5, 0.6) is 5.75 Å². The summed E-state index contributed by atoms with van der Waals surface area (Å²) in [5.41, 5.74) is 2.48. The van der Waals surface area contributed by atoms with E-state index in [9.17, 15) is 4.79 Å². The molecule has 0 spiro atoms. The molecule has 3 aromatic rings. The largest absolute Gasteiger partial charge is 0.497 e. The number of methoxy groups -OCH3 is 1. The Bertz CT molecular complexity index is 997. The highest BCUT2D eigenvalue weighted by Crippen LogP contribution is 2.26. The third kappa shape index (κ3) is 4.95. The van der Waals surface area contributed by atoms with Crippen LogP contribution in [0.2, 0.25) is 5.15 Å². The number of nitrogens with zero attached hydrogens (tertiary/aromatic N) is 2. The van der Waals surface area contributed by atoms with Crippen molar-refractivity contribution in [2.24, 2.45) is 0 Å². The van der Waals surface area contributed by atoms with Crippen molar-refractivity contribution in [2.45, 2.75) is 11.4 Å². The van der Waals surface area contributed by atoms with Gasteiger partial charge in [-0.1, -0.05) is 23.7 Å². The van der Waals surface area contributed by atoms with Crippen molar-refractivity contribution in [2.75, 3.05) is 32.3 Å². The molecule has 1 N–H and O–H groups in total. The molecule has 1 amide bonds. The van der Waals surface area contributed by atoms with E-state index in [2.05, 4.69) is 10.3 Å². The van der Waals surface area contributed by atoms with Crippen molar-refractivity contribution in [3.8, 4) is 5.75 Å². The summed E-state index contributed by atoms with van der Waals surface area (Å²) in [7, 11) is 3.50. The molecule has 28 heavy (non-hydrogen) atoms. The highest BCUT2D eigenvalue weighted by atomic mass is 35.5. The molecule has 0 fully saturated rings. The fraction of sp³-hybridized carbons (Fsp3) is 0.238. The average molecular weight is 416 g/mol. The lowest BCUT2D eigenvalue weighted by Gasteiger charge is -2.18. The number of nitrogens with one attached hydrogen (secondary N) is 1. The van der Waals surface area contributed by atoms with E-state index < -0.39 is 0 Å². The molecule has 0 saturated carbocycles. The molecule has 0 bridgehead atoms. The number of hydrogen-bond acceptors (Lipinski definition) is 5. The number of carbonyl (C=O) groups is 1. The summed E-state index contributed by atoms with van der Waals surface area (Å²) in [6, 6.07) is 15.5. The van der Waals surface area contributed by atoms with Gasteiger partial charge in [-0.15, -0.1) is 11.8 Å². The Hall–Kier alpha value is -2.28. The molecule has 5 nitrogen and oxygen atoms in total. The Kier molecular flexibility index (Phi) is 6.78. The number of hydrogen-bond donors (Lipinski definition) is 1. The summed E-state index contributed by atoms with van der Waals surface area (Å²) >= 11 is 7.97. The quantitative estimate of drug-likeness (QED) is 0.448. The first-order valence-corrected chi connectivity index (χ1v) is 10.3. The molecule has 0 aliphatic carbocycles. The average Bonchev–Trinajstić information content (AvgIpc) is 2.68. The number of ether oxygens (including phenoxy) is 1. The maximum absolute atomic E-state index is 12.4. The fourth-order valence-corrected chi connectivity index (χ4v) is 3.69. The Balaban J connectivity index is 1.67. The zero-order valence-corrected chi connectivity index (χ0v) is 17.6. The van der Waals surface area contributed by atoms with Crippen LogP contribution in [0.4, 0.5) is 5.69 Å². The SMILES string of the molecule is COc1ccc2cc(CN(C)CC(=O)Nc3ccccc3SC)c(Cl)nc2c1. The minimum Gasteiger partial charge on any atom is -0.497 e. The van der Waals surface area contributed by atoms with Crippen molar-refractivity contribution in [3.05, 3.63) is 59.2 Å². The molecule has 1 heterocycles. The molecule has 0 radical (unpaired) electrons. The highest BCUT2D eigenvalue weighted by Gasteiger charge is 2.13. The first-order chi connectivity index (χ1) is 13.5. The van der Waals surface area contributed by atoms with Gasteiger partial charge in [-0.2, -0.15) is 0 Å². The molecule has 0 aliphatic rings. The third-order valence-corrected chi connectivity index (χ3v) is 5.41. The second kappa shape index (κ2) is 9.28. The normalized spacial score (nSPS) is 11.0. The molecule has 2 aromatic carbocycles. The first-order valence-electron chi connectivity index (χ1n) is 8.74. The number of anilines is 1. The molecule has 146 valence electrons. The van der Waals surface area contributed by atoms with Crippen LogP contribution in [-0.2, 0) is 11.3 Å². The van der Waals surface area contributed by atoms with Crippen LogP contribution >= 0.6 is 23.4 Å². The van der Waals surface area contributed by atoms with E-state index in [1.165, 1.54) is 0 Å². The Labute approximate surface area is 174 Å². The van der Waals surface area contributed by atoms with Crippen molar-refractivity contribution >= 4 is 45.9 Å². The van der Waals surface area contributed by atoms with Crippen LogP contribution in [-0.4, -0.2) is 42.7 Å². The van der Waals surface area contributed by atoms with E-state index in [-0.39, 0.29) is 12.5 Å². The van der Waals surface area contributed by atoms with E-state index in [4.69, 9.17) is 16.3 Å². The van der Waals surface area contributed by atoms with E-state index in [0.717, 1.165) is 32.8 Å². The van der Waals surface area contributed by atoms with Crippen LogP contribution in [0.1, 0.15) is 5.56 Å². The van der Waals surface area contributed by atoms with Crippen LogP contribution in [0.25, 0.3) is 10.9 Å². The second-order valence-electron chi connectivity index (χ2n) is 6.42. The summed E-state index contributed by atoms with van der Waals surface area (Å²) in [6.07, 6.45) is 1.99. The molecule has 3 rings (SSSR count). The van der Waals surface area contributed by atoms with Gasteiger partial charge in [-0.25, -0.2) is 4.98 Å². The molecular weight excluding hydrogens is 394 g/mol. The molecular formula is C21H22ClN3O2S. The van der Waals surface area contributed by atoms with Gasteiger partial charge in [0.05, 0.1) is 24.9 Å². The number of halogens is 1. The summed E-state index contributed by atoms with van der Waals surface area (Å²) < 4.78 is 5.23. The maximum atomic E-state index is 12.4. The number of fused-ring (bicyclic) bond motifs is 1. The fourth-order valence-electron chi connectivity index (χ4n) is 2.93. The standard InChI is InChI=1S/C21H22ClN3O2S/c1-25(13-20(26)23-17-6-4-5-7-19(17)28-3)12-15-10-14-8-9-16(27-2)11-18(14)24-21(15)22/h4-11H,12-13H2,1-3H3,(H,23,26). The van der Waals surface area contributed by atoms with Crippen LogP contribution in [0.3, 0.4) is 0 Å². The Morgan fingerprint density at radius 3 is 2.79 bits per heavy atom. The van der Waals surface area contributed by atoms with Crippen molar-refractivity contribution in [1.82, 2.24) is 9.88 Å². The minimum absolute atomic E-state index is 0.0707. The van der Waals surface area contributed by atoms with E-state index in [1.807, 2.05) is 66.7 Å². The number of rotatable bonds is 7. The summed E-state index contributed by atoms with van der Waals surface area (Å²) in [6.45, 7) is 0.769. The molecule has 0 unspecified atom stereocenters. The second-order valence-corrected chi connectivity index (χ2v) is 7.62. The lowest BCUT2D eigenvalue weighted by atomic mass is 10.1. The summed E-state index contributed by atoms with van der Waals surface area (Å²) in [5, 5.41) is 4.38. The van der Waals surface area contributed by atoms with Gasteiger partial charge in [-0.05, 0) is 43.6 Å². The zero-order chi connectivity index (χ0) is 20.1. The summed E-state index contributed by atoms with van der Waals surface area (Å²) in [5.74, 6) is 0.668. The van der Waals surface area contributed by atoms with Gasteiger partial charge in [0.15, 0.2) is 0 Å². The molecule has 7 heteroatoms. The molecule has 1 aromatic heterocycles. The van der Waals surface area contributed by atoms with Gasteiger partial charge >= 0.3 is 0 Å². The number of aromatic nitrogens is 1. The minimum atomic E-state index is -0.0707. The number of likely N-dealkylation sites (N-methyl/N-ethyl adjacent to an activating group) is 1. The van der Waals surface area contributed by atoms with Gasteiger partial charge < -0.3 is 10.1 Å². The van der Waals surface area contributed by atoms with E-state index in [1.54, 1.807) is 18.9 Å². The van der Waals surface area contributed by atoms with Crippen LogP contribution in [0.15, 0.2) is 53.4 Å². The third-order valence-electron chi connectivity index (χ3n) is 4.29. The predicted octanol–water partition coefficient (Wildman–Crippen LogP) is 4.69. The van der Waals surface area contributed by atoms with Crippen LogP contribution < -0.4 is 10.1 Å². The number of benzene rings is 2. The van der Waals surface area contributed by atoms with E-state index in [0.29, 0.717) is 11.7 Å².